The predicted molar refractivity (Wildman–Crippen MR) is 123 cm³/mol. The lowest BCUT2D eigenvalue weighted by Crippen LogP contribution is -2.72. The molecule has 226 valence electrons. The predicted octanol–water partition coefficient (Wildman–Crippen LogP) is 2.89. The molecule has 2 aromatic rings. The van der Waals surface area contributed by atoms with Crippen LogP contribution in [0.4, 0.5) is 30.7 Å². The van der Waals surface area contributed by atoms with Crippen molar-refractivity contribution >= 4 is 17.8 Å². The van der Waals surface area contributed by atoms with Gasteiger partial charge in [-0.1, -0.05) is 0 Å². The van der Waals surface area contributed by atoms with Crippen LogP contribution < -0.4 is 4.74 Å². The van der Waals surface area contributed by atoms with Crippen molar-refractivity contribution in [3.05, 3.63) is 48.2 Å². The SMILES string of the molecule is CN1CCC(COc2ncccc2F)CC12CN(C(=O)c1ccnnc1)C2.O=C(O)C(F)(F)F.O=C(O)C(F)(F)F. The van der Waals surface area contributed by atoms with Gasteiger partial charge < -0.3 is 19.8 Å². The second-order valence-corrected chi connectivity index (χ2v) is 9.00. The van der Waals surface area contributed by atoms with Crippen molar-refractivity contribution in [2.75, 3.05) is 33.3 Å². The Morgan fingerprint density at radius 2 is 1.61 bits per heavy atom. The third-order valence-electron chi connectivity index (χ3n) is 6.11. The Morgan fingerprint density at radius 1 is 1.02 bits per heavy atom. The molecule has 18 heteroatoms. The number of alkyl halides is 6. The van der Waals surface area contributed by atoms with Crippen molar-refractivity contribution < 1.29 is 60.1 Å². The number of pyridine rings is 1. The molecule has 1 spiro atoms. The minimum absolute atomic E-state index is 0.0159. The van der Waals surface area contributed by atoms with Crippen LogP contribution in [0.15, 0.2) is 36.8 Å². The van der Waals surface area contributed by atoms with Crippen molar-refractivity contribution in [1.82, 2.24) is 25.0 Å². The van der Waals surface area contributed by atoms with Gasteiger partial charge in [-0.3, -0.25) is 9.69 Å². The second-order valence-electron chi connectivity index (χ2n) is 9.00. The fourth-order valence-electron chi connectivity index (χ4n) is 4.00. The quantitative estimate of drug-likeness (QED) is 0.503. The summed E-state index contributed by atoms with van der Waals surface area (Å²) < 4.78 is 82.8. The van der Waals surface area contributed by atoms with E-state index in [1.54, 1.807) is 12.1 Å². The van der Waals surface area contributed by atoms with E-state index in [1.807, 2.05) is 4.90 Å². The zero-order chi connectivity index (χ0) is 31.0. The zero-order valence-electron chi connectivity index (χ0n) is 21.2. The van der Waals surface area contributed by atoms with Crippen LogP contribution in [0.25, 0.3) is 0 Å². The Balaban J connectivity index is 0.000000349. The molecule has 2 saturated heterocycles. The molecule has 2 N–H and O–H groups in total. The molecule has 4 rings (SSSR count). The van der Waals surface area contributed by atoms with Gasteiger partial charge in [-0.2, -0.15) is 36.5 Å². The molecule has 0 saturated carbocycles. The van der Waals surface area contributed by atoms with E-state index < -0.39 is 30.1 Å². The number of likely N-dealkylation sites (N-methyl/N-ethyl adjacent to an activating group) is 1. The number of hydrogen-bond acceptors (Lipinski definition) is 8. The number of piperidine rings is 1. The minimum Gasteiger partial charge on any atom is -0.475 e. The molecular weight excluding hydrogens is 575 g/mol. The van der Waals surface area contributed by atoms with E-state index >= 15 is 0 Å². The van der Waals surface area contributed by atoms with Crippen molar-refractivity contribution in [2.45, 2.75) is 30.7 Å². The highest BCUT2D eigenvalue weighted by molar-refractivity contribution is 5.94. The van der Waals surface area contributed by atoms with Gasteiger partial charge in [0.25, 0.3) is 5.91 Å². The number of amides is 1. The van der Waals surface area contributed by atoms with Crippen molar-refractivity contribution in [3.8, 4) is 5.88 Å². The molecule has 2 fully saturated rings. The lowest BCUT2D eigenvalue weighted by molar-refractivity contribution is -0.193. The van der Waals surface area contributed by atoms with Gasteiger partial charge in [0, 0.05) is 19.3 Å². The number of carboxylic acids is 2. The van der Waals surface area contributed by atoms with Crippen LogP contribution in [0.3, 0.4) is 0 Å². The number of aliphatic carboxylic acids is 2. The molecule has 11 nitrogen and oxygen atoms in total. The fraction of sp³-hybridized carbons (Fsp3) is 0.478. The molecule has 1 atom stereocenters. The number of likely N-dealkylation sites (tertiary alicyclic amines) is 2. The van der Waals surface area contributed by atoms with E-state index in [-0.39, 0.29) is 17.3 Å². The molecule has 0 radical (unpaired) electrons. The van der Waals surface area contributed by atoms with Crippen LogP contribution in [0, 0.1) is 11.7 Å². The van der Waals surface area contributed by atoms with Crippen LogP contribution in [0.5, 0.6) is 5.88 Å². The first-order valence-corrected chi connectivity index (χ1v) is 11.6. The molecule has 0 aromatic carbocycles. The molecule has 41 heavy (non-hydrogen) atoms. The molecule has 2 aliphatic heterocycles. The summed E-state index contributed by atoms with van der Waals surface area (Å²) >= 11 is 0. The first-order chi connectivity index (χ1) is 19.0. The number of ether oxygens (including phenoxy) is 1. The summed E-state index contributed by atoms with van der Waals surface area (Å²) in [6, 6.07) is 4.58. The number of nitrogens with zero attached hydrogens (tertiary/aromatic N) is 5. The number of aromatic nitrogens is 3. The average molecular weight is 599 g/mol. The van der Waals surface area contributed by atoms with Gasteiger partial charge in [0.05, 0.1) is 30.1 Å². The second kappa shape index (κ2) is 13.5. The maximum atomic E-state index is 13.7. The number of carbonyl (C=O) groups excluding carboxylic acids is 1. The van der Waals surface area contributed by atoms with Gasteiger partial charge in [-0.15, -0.1) is 0 Å². The van der Waals surface area contributed by atoms with E-state index in [1.165, 1.54) is 24.7 Å². The van der Waals surface area contributed by atoms with Crippen LogP contribution in [0.2, 0.25) is 0 Å². The van der Waals surface area contributed by atoms with E-state index in [0.717, 1.165) is 19.4 Å². The van der Waals surface area contributed by atoms with Gasteiger partial charge >= 0.3 is 24.3 Å². The Hall–Kier alpha value is -4.09. The molecule has 2 aliphatic rings. The van der Waals surface area contributed by atoms with Gasteiger partial charge in [0.15, 0.2) is 5.82 Å². The highest BCUT2D eigenvalue weighted by Crippen LogP contribution is 2.39. The van der Waals surface area contributed by atoms with Crippen LogP contribution >= 0.6 is 0 Å². The van der Waals surface area contributed by atoms with E-state index in [2.05, 4.69) is 27.1 Å². The maximum Gasteiger partial charge on any atom is 0.490 e. The Kier molecular flexibility index (Phi) is 10.9. The summed E-state index contributed by atoms with van der Waals surface area (Å²) in [5, 5.41) is 21.7. The van der Waals surface area contributed by atoms with Gasteiger partial charge in [-0.25, -0.2) is 19.0 Å². The Morgan fingerprint density at radius 3 is 2.10 bits per heavy atom. The van der Waals surface area contributed by atoms with Crippen molar-refractivity contribution in [1.29, 1.82) is 0 Å². The summed E-state index contributed by atoms with van der Waals surface area (Å²) in [5.74, 6) is -5.60. The summed E-state index contributed by atoms with van der Waals surface area (Å²) in [6.07, 6.45) is -3.72. The monoisotopic (exact) mass is 599 g/mol. The Labute approximate surface area is 227 Å². The third kappa shape index (κ3) is 9.51. The third-order valence-corrected chi connectivity index (χ3v) is 6.11. The normalized spacial score (nSPS) is 18.1. The minimum atomic E-state index is -5.08. The standard InChI is InChI=1S/C19H22FN5O2.2C2HF3O2/c1-24-8-5-14(11-27-17-16(20)3-2-6-21-17)9-19(24)12-25(13-19)18(26)15-4-7-22-23-10-15;2*3-2(4,5)1(6)7/h2-4,6-7,10,14H,5,8-9,11-13H2,1H3;2*(H,6,7). The molecule has 1 amide bonds. The lowest BCUT2D eigenvalue weighted by atomic mass is 9.75. The number of carboxylic acid groups (broad SMARTS) is 2. The first kappa shape index (κ1) is 33.1. The largest absolute Gasteiger partial charge is 0.490 e. The topological polar surface area (TPSA) is 146 Å². The van der Waals surface area contributed by atoms with Crippen molar-refractivity contribution in [2.24, 2.45) is 5.92 Å². The summed E-state index contributed by atoms with van der Waals surface area (Å²) in [5.41, 5.74) is 0.522. The zero-order valence-corrected chi connectivity index (χ0v) is 21.2. The van der Waals surface area contributed by atoms with Gasteiger partial charge in [0.1, 0.15) is 0 Å². The Bertz CT molecular complexity index is 1170. The van der Waals surface area contributed by atoms with E-state index in [0.29, 0.717) is 31.2 Å². The highest BCUT2D eigenvalue weighted by atomic mass is 19.4. The highest BCUT2D eigenvalue weighted by Gasteiger charge is 2.51. The fourth-order valence-corrected chi connectivity index (χ4v) is 4.00. The number of halogens is 7. The summed E-state index contributed by atoms with van der Waals surface area (Å²) in [7, 11) is 2.10. The molecule has 2 aromatic heterocycles. The van der Waals surface area contributed by atoms with E-state index in [4.69, 9.17) is 24.5 Å². The van der Waals surface area contributed by atoms with Gasteiger partial charge in [-0.05, 0) is 50.6 Å². The van der Waals surface area contributed by atoms with Crippen molar-refractivity contribution in [3.63, 3.8) is 0 Å². The molecule has 4 heterocycles. The van der Waals surface area contributed by atoms with Crippen LogP contribution in [-0.2, 0) is 9.59 Å². The number of hydrogen-bond donors (Lipinski definition) is 2. The first-order valence-electron chi connectivity index (χ1n) is 11.6. The number of carbonyl (C=O) groups is 3. The molecular formula is C23H24F7N5O6. The van der Waals surface area contributed by atoms with Crippen LogP contribution in [0.1, 0.15) is 23.2 Å². The summed E-state index contributed by atoms with van der Waals surface area (Å²) in [6.45, 7) is 2.72. The lowest BCUT2D eigenvalue weighted by Gasteiger charge is -2.58. The maximum absolute atomic E-state index is 13.7. The van der Waals surface area contributed by atoms with Crippen LogP contribution in [-0.4, -0.2) is 104 Å². The van der Waals surface area contributed by atoms with Gasteiger partial charge in [0.2, 0.25) is 5.88 Å². The number of rotatable bonds is 4. The average Bonchev–Trinajstić information content (AvgIpc) is 2.87. The molecule has 0 aliphatic carbocycles. The smallest absolute Gasteiger partial charge is 0.475 e. The van der Waals surface area contributed by atoms with E-state index in [9.17, 15) is 35.5 Å². The molecule has 1 unspecified atom stereocenters. The molecule has 0 bridgehead atoms. The summed E-state index contributed by atoms with van der Waals surface area (Å²) in [4.78, 5) is 38.5.